The molecule has 94 valence electrons. The molecule has 0 saturated heterocycles. The molecule has 0 fully saturated rings. The summed E-state index contributed by atoms with van der Waals surface area (Å²) < 4.78 is 0.982. The van der Waals surface area contributed by atoms with Gasteiger partial charge in [0, 0.05) is 22.5 Å². The minimum absolute atomic E-state index is 0.214. The van der Waals surface area contributed by atoms with Gasteiger partial charge >= 0.3 is 5.97 Å². The first kappa shape index (κ1) is 14.5. The lowest BCUT2D eigenvalue weighted by molar-refractivity contribution is -0.137. The largest absolute Gasteiger partial charge is 0.481 e. The molecule has 1 rings (SSSR count). The Morgan fingerprint density at radius 1 is 1.53 bits per heavy atom. The third-order valence-electron chi connectivity index (χ3n) is 2.39. The van der Waals surface area contributed by atoms with E-state index >= 15 is 0 Å². The molecule has 5 heteroatoms. The van der Waals surface area contributed by atoms with Crippen molar-refractivity contribution >= 4 is 33.5 Å². The summed E-state index contributed by atoms with van der Waals surface area (Å²) in [7, 11) is 1.98. The van der Waals surface area contributed by atoms with E-state index in [1.54, 1.807) is 0 Å². The summed E-state index contributed by atoms with van der Waals surface area (Å²) in [5.41, 5.74) is 1.15. The van der Waals surface area contributed by atoms with Crippen LogP contribution in [-0.2, 0) is 11.3 Å². The number of benzene rings is 1. The highest BCUT2D eigenvalue weighted by Crippen LogP contribution is 2.22. The molecule has 0 radical (unpaired) electrons. The highest BCUT2D eigenvalue weighted by atomic mass is 79.9. The average Bonchev–Trinajstić information content (AvgIpc) is 2.21. The van der Waals surface area contributed by atoms with E-state index in [0.717, 1.165) is 23.1 Å². The molecule has 0 spiro atoms. The topological polar surface area (TPSA) is 40.5 Å². The van der Waals surface area contributed by atoms with Crippen molar-refractivity contribution in [2.75, 3.05) is 13.6 Å². The average molecular weight is 321 g/mol. The zero-order valence-electron chi connectivity index (χ0n) is 9.62. The SMILES string of the molecule is CN(CCCC(=O)O)Cc1ccc(Cl)cc1Br. The first-order chi connectivity index (χ1) is 7.99. The fourth-order valence-electron chi connectivity index (χ4n) is 1.52. The van der Waals surface area contributed by atoms with Crippen molar-refractivity contribution in [3.05, 3.63) is 33.3 Å². The first-order valence-electron chi connectivity index (χ1n) is 5.33. The molecule has 0 amide bonds. The van der Waals surface area contributed by atoms with Crippen molar-refractivity contribution in [3.8, 4) is 0 Å². The van der Waals surface area contributed by atoms with Crippen molar-refractivity contribution in [2.24, 2.45) is 0 Å². The Balaban J connectivity index is 2.44. The lowest BCUT2D eigenvalue weighted by atomic mass is 10.2. The third kappa shape index (κ3) is 5.52. The number of hydrogen-bond donors (Lipinski definition) is 1. The van der Waals surface area contributed by atoms with Gasteiger partial charge in [-0.1, -0.05) is 33.6 Å². The zero-order valence-corrected chi connectivity index (χ0v) is 12.0. The van der Waals surface area contributed by atoms with Gasteiger partial charge < -0.3 is 10.0 Å². The van der Waals surface area contributed by atoms with Gasteiger partial charge in [0.2, 0.25) is 0 Å². The number of nitrogens with zero attached hydrogens (tertiary/aromatic N) is 1. The zero-order chi connectivity index (χ0) is 12.8. The lowest BCUT2D eigenvalue weighted by Gasteiger charge is -2.17. The second-order valence-electron chi connectivity index (χ2n) is 3.97. The van der Waals surface area contributed by atoms with Gasteiger partial charge in [-0.05, 0) is 37.7 Å². The number of carboxylic acid groups (broad SMARTS) is 1. The Morgan fingerprint density at radius 3 is 2.82 bits per heavy atom. The van der Waals surface area contributed by atoms with Crippen LogP contribution in [0.3, 0.4) is 0 Å². The predicted octanol–water partition coefficient (Wildman–Crippen LogP) is 3.40. The Labute approximate surface area is 115 Å². The van der Waals surface area contributed by atoms with Gasteiger partial charge in [0.1, 0.15) is 0 Å². The van der Waals surface area contributed by atoms with Crippen LogP contribution in [0.1, 0.15) is 18.4 Å². The second kappa shape index (κ2) is 6.99. The van der Waals surface area contributed by atoms with E-state index in [1.807, 2.05) is 25.2 Å². The molecule has 0 aliphatic carbocycles. The van der Waals surface area contributed by atoms with Crippen LogP contribution in [0.4, 0.5) is 0 Å². The number of aliphatic carboxylic acids is 1. The summed E-state index contributed by atoms with van der Waals surface area (Å²) in [5, 5.41) is 9.25. The maximum Gasteiger partial charge on any atom is 0.303 e. The summed E-state index contributed by atoms with van der Waals surface area (Å²) in [6.07, 6.45) is 0.878. The van der Waals surface area contributed by atoms with Crippen LogP contribution in [0.15, 0.2) is 22.7 Å². The second-order valence-corrected chi connectivity index (χ2v) is 5.26. The van der Waals surface area contributed by atoms with Gasteiger partial charge in [0.15, 0.2) is 0 Å². The minimum atomic E-state index is -0.744. The number of hydrogen-bond acceptors (Lipinski definition) is 2. The van der Waals surface area contributed by atoms with Gasteiger partial charge in [-0.25, -0.2) is 0 Å². The van der Waals surface area contributed by atoms with Gasteiger partial charge in [-0.2, -0.15) is 0 Å². The lowest BCUT2D eigenvalue weighted by Crippen LogP contribution is -2.20. The first-order valence-corrected chi connectivity index (χ1v) is 6.50. The highest BCUT2D eigenvalue weighted by molar-refractivity contribution is 9.10. The van der Waals surface area contributed by atoms with Crippen LogP contribution in [0.2, 0.25) is 5.02 Å². The van der Waals surface area contributed by atoms with Crippen LogP contribution in [0.25, 0.3) is 0 Å². The number of carbonyl (C=O) groups is 1. The quantitative estimate of drug-likeness (QED) is 0.873. The molecular formula is C12H15BrClNO2. The molecule has 0 aliphatic heterocycles. The molecule has 0 heterocycles. The van der Waals surface area contributed by atoms with Crippen molar-refractivity contribution < 1.29 is 9.90 Å². The monoisotopic (exact) mass is 319 g/mol. The molecule has 3 nitrogen and oxygen atoms in total. The molecule has 0 bridgehead atoms. The van der Waals surface area contributed by atoms with Crippen molar-refractivity contribution in [3.63, 3.8) is 0 Å². The van der Waals surface area contributed by atoms with Crippen molar-refractivity contribution in [1.82, 2.24) is 4.90 Å². The van der Waals surface area contributed by atoms with E-state index in [0.29, 0.717) is 11.4 Å². The normalized spacial score (nSPS) is 10.8. The van der Waals surface area contributed by atoms with E-state index in [-0.39, 0.29) is 6.42 Å². The molecule has 0 aromatic heterocycles. The van der Waals surface area contributed by atoms with Crippen LogP contribution in [-0.4, -0.2) is 29.6 Å². The third-order valence-corrected chi connectivity index (χ3v) is 3.36. The van der Waals surface area contributed by atoms with E-state index in [4.69, 9.17) is 16.7 Å². The molecule has 1 aromatic rings. The Morgan fingerprint density at radius 2 is 2.24 bits per heavy atom. The highest BCUT2D eigenvalue weighted by Gasteiger charge is 2.05. The van der Waals surface area contributed by atoms with Crippen LogP contribution < -0.4 is 0 Å². The fourth-order valence-corrected chi connectivity index (χ4v) is 2.33. The maximum atomic E-state index is 10.4. The predicted molar refractivity (Wildman–Crippen MR) is 72.4 cm³/mol. The van der Waals surface area contributed by atoms with Gasteiger partial charge in [-0.3, -0.25) is 4.79 Å². The van der Waals surface area contributed by atoms with E-state index < -0.39 is 5.97 Å². The van der Waals surface area contributed by atoms with Gasteiger partial charge in [0.25, 0.3) is 0 Å². The Bertz CT molecular complexity index is 398. The van der Waals surface area contributed by atoms with Crippen LogP contribution in [0, 0.1) is 0 Å². The molecule has 0 unspecified atom stereocenters. The Hall–Kier alpha value is -0.580. The summed E-state index contributed by atoms with van der Waals surface area (Å²) in [6, 6.07) is 5.69. The van der Waals surface area contributed by atoms with Gasteiger partial charge in [0.05, 0.1) is 0 Å². The summed E-state index contributed by atoms with van der Waals surface area (Å²) >= 11 is 9.32. The van der Waals surface area contributed by atoms with Gasteiger partial charge in [-0.15, -0.1) is 0 Å². The minimum Gasteiger partial charge on any atom is -0.481 e. The molecule has 1 N–H and O–H groups in total. The molecule has 0 saturated carbocycles. The molecule has 1 aromatic carbocycles. The summed E-state index contributed by atoms with van der Waals surface area (Å²) in [5.74, 6) is -0.744. The smallest absolute Gasteiger partial charge is 0.303 e. The molecule has 17 heavy (non-hydrogen) atoms. The molecule has 0 aliphatic rings. The standard InChI is InChI=1S/C12H15BrClNO2/c1-15(6-2-3-12(16)17)8-9-4-5-10(14)7-11(9)13/h4-5,7H,2-3,6,8H2,1H3,(H,16,17). The number of rotatable bonds is 6. The van der Waals surface area contributed by atoms with Crippen molar-refractivity contribution in [2.45, 2.75) is 19.4 Å². The van der Waals surface area contributed by atoms with E-state index in [1.165, 1.54) is 0 Å². The van der Waals surface area contributed by atoms with Crippen LogP contribution >= 0.6 is 27.5 Å². The number of halogens is 2. The molecular weight excluding hydrogens is 305 g/mol. The van der Waals surface area contributed by atoms with E-state index in [2.05, 4.69) is 20.8 Å². The van der Waals surface area contributed by atoms with Crippen molar-refractivity contribution in [1.29, 1.82) is 0 Å². The summed E-state index contributed by atoms with van der Waals surface area (Å²) in [4.78, 5) is 12.5. The number of carboxylic acids is 1. The maximum absolute atomic E-state index is 10.4. The fraction of sp³-hybridized carbons (Fsp3) is 0.417. The Kier molecular flexibility index (Phi) is 5.95. The summed E-state index contributed by atoms with van der Waals surface area (Å²) in [6.45, 7) is 1.54. The van der Waals surface area contributed by atoms with E-state index in [9.17, 15) is 4.79 Å². The van der Waals surface area contributed by atoms with Crippen LogP contribution in [0.5, 0.6) is 0 Å². The molecule has 0 atom stereocenters.